The highest BCUT2D eigenvalue weighted by molar-refractivity contribution is 5.99. The van der Waals surface area contributed by atoms with Crippen molar-refractivity contribution in [3.8, 4) is 17.2 Å². The van der Waals surface area contributed by atoms with E-state index < -0.39 is 5.72 Å². The number of para-hydroxylation sites is 2. The van der Waals surface area contributed by atoms with Crippen molar-refractivity contribution >= 4 is 17.5 Å². The standard InChI is InChI=1S/C34H32N2O5/c1-34-22-26(29-16-9-17-30(32(29)41-34)40-23-24-10-4-2-5-11-24)21-31(37)36(34)27-13-8-12-25(20-27)33(38)35-18-19-39-28-14-6-3-7-15-28/h2-17,20,26H,18-19,21-23H2,1H3,(H,35,38). The van der Waals surface area contributed by atoms with Gasteiger partial charge < -0.3 is 19.5 Å². The normalized spacial score (nSPS) is 19.1. The van der Waals surface area contributed by atoms with Gasteiger partial charge in [-0.25, -0.2) is 0 Å². The summed E-state index contributed by atoms with van der Waals surface area (Å²) in [6.07, 6.45) is 0.989. The lowest BCUT2D eigenvalue weighted by Gasteiger charge is -2.50. The lowest BCUT2D eigenvalue weighted by molar-refractivity contribution is -0.127. The highest BCUT2D eigenvalue weighted by atomic mass is 16.5. The number of piperidine rings is 1. The molecule has 2 atom stereocenters. The van der Waals surface area contributed by atoms with E-state index in [-0.39, 0.29) is 17.7 Å². The van der Waals surface area contributed by atoms with Crippen molar-refractivity contribution in [2.24, 2.45) is 0 Å². The molecule has 0 aromatic heterocycles. The Morgan fingerprint density at radius 3 is 2.51 bits per heavy atom. The number of fused-ring (bicyclic) bond motifs is 4. The summed E-state index contributed by atoms with van der Waals surface area (Å²) in [6.45, 7) is 3.05. The van der Waals surface area contributed by atoms with Crippen LogP contribution >= 0.6 is 0 Å². The first-order chi connectivity index (χ1) is 20.0. The Bertz CT molecular complexity index is 1540. The summed E-state index contributed by atoms with van der Waals surface area (Å²) < 4.78 is 18.5. The van der Waals surface area contributed by atoms with Crippen molar-refractivity contribution in [2.45, 2.75) is 38.0 Å². The van der Waals surface area contributed by atoms with E-state index in [0.29, 0.717) is 55.4 Å². The molecule has 1 saturated heterocycles. The highest BCUT2D eigenvalue weighted by Gasteiger charge is 2.50. The van der Waals surface area contributed by atoms with Crippen LogP contribution in [0.5, 0.6) is 17.2 Å². The number of carbonyl (C=O) groups excluding carboxylic acids is 2. The molecule has 2 aliphatic heterocycles. The Hall–Kier alpha value is -4.78. The van der Waals surface area contributed by atoms with Crippen molar-refractivity contribution in [1.82, 2.24) is 5.32 Å². The van der Waals surface area contributed by atoms with Gasteiger partial charge >= 0.3 is 0 Å². The van der Waals surface area contributed by atoms with E-state index >= 15 is 0 Å². The summed E-state index contributed by atoms with van der Waals surface area (Å²) in [4.78, 5) is 28.2. The van der Waals surface area contributed by atoms with Crippen molar-refractivity contribution in [2.75, 3.05) is 18.1 Å². The first-order valence-corrected chi connectivity index (χ1v) is 13.9. The van der Waals surface area contributed by atoms with E-state index in [0.717, 1.165) is 16.9 Å². The zero-order chi connectivity index (χ0) is 28.2. The molecule has 7 nitrogen and oxygen atoms in total. The lowest BCUT2D eigenvalue weighted by atomic mass is 9.80. The average molecular weight is 549 g/mol. The molecule has 1 N–H and O–H groups in total. The minimum absolute atomic E-state index is 0.0175. The quantitative estimate of drug-likeness (QED) is 0.256. The van der Waals surface area contributed by atoms with Gasteiger partial charge in [0.2, 0.25) is 5.91 Å². The first kappa shape index (κ1) is 26.4. The van der Waals surface area contributed by atoms with E-state index in [1.807, 2.05) is 91.9 Å². The summed E-state index contributed by atoms with van der Waals surface area (Å²) in [6, 6.07) is 32.4. The van der Waals surface area contributed by atoms with Gasteiger partial charge in [0.25, 0.3) is 5.91 Å². The Morgan fingerprint density at radius 1 is 0.951 bits per heavy atom. The molecule has 2 unspecified atom stereocenters. The second kappa shape index (κ2) is 11.4. The second-order valence-corrected chi connectivity index (χ2v) is 10.5. The molecule has 2 bridgehead atoms. The molecule has 2 amide bonds. The van der Waals surface area contributed by atoms with Gasteiger partial charge in [0, 0.05) is 35.6 Å². The fourth-order valence-corrected chi connectivity index (χ4v) is 5.68. The molecule has 0 spiro atoms. The number of hydrogen-bond acceptors (Lipinski definition) is 5. The van der Waals surface area contributed by atoms with Crippen LogP contribution in [-0.2, 0) is 11.4 Å². The third-order valence-corrected chi connectivity index (χ3v) is 7.54. The minimum Gasteiger partial charge on any atom is -0.492 e. The molecule has 0 aliphatic carbocycles. The Morgan fingerprint density at radius 2 is 1.71 bits per heavy atom. The van der Waals surface area contributed by atoms with Gasteiger partial charge in [-0.2, -0.15) is 0 Å². The maximum absolute atomic E-state index is 13.5. The third-order valence-electron chi connectivity index (χ3n) is 7.54. The van der Waals surface area contributed by atoms with Gasteiger partial charge in [-0.15, -0.1) is 0 Å². The van der Waals surface area contributed by atoms with Crippen LogP contribution in [-0.4, -0.2) is 30.7 Å². The SMILES string of the molecule is CC12CC(CC(=O)N1c1cccc(C(=O)NCCOc3ccccc3)c1)c1cccc(OCc3ccccc3)c1O2. The minimum atomic E-state index is -0.933. The molecule has 2 aliphatic rings. The molecular formula is C34H32N2O5. The van der Waals surface area contributed by atoms with Crippen LogP contribution in [0.1, 0.15) is 47.2 Å². The van der Waals surface area contributed by atoms with E-state index in [1.165, 1.54) is 0 Å². The van der Waals surface area contributed by atoms with Gasteiger partial charge in [-0.3, -0.25) is 14.5 Å². The molecule has 4 aromatic carbocycles. The number of amides is 2. The van der Waals surface area contributed by atoms with Gasteiger partial charge in [-0.1, -0.05) is 66.7 Å². The molecule has 1 fully saturated rings. The van der Waals surface area contributed by atoms with Gasteiger partial charge in [-0.05, 0) is 48.9 Å². The van der Waals surface area contributed by atoms with Crippen molar-refractivity contribution < 1.29 is 23.8 Å². The van der Waals surface area contributed by atoms with E-state index in [1.54, 1.807) is 23.1 Å². The van der Waals surface area contributed by atoms with E-state index in [9.17, 15) is 9.59 Å². The van der Waals surface area contributed by atoms with Crippen LogP contribution in [0.4, 0.5) is 5.69 Å². The predicted octanol–water partition coefficient (Wildman–Crippen LogP) is 6.09. The van der Waals surface area contributed by atoms with Crippen molar-refractivity contribution in [3.05, 3.63) is 120 Å². The van der Waals surface area contributed by atoms with Crippen LogP contribution < -0.4 is 24.4 Å². The van der Waals surface area contributed by atoms with E-state index in [2.05, 4.69) is 5.32 Å². The summed E-state index contributed by atoms with van der Waals surface area (Å²) >= 11 is 0. The molecule has 0 saturated carbocycles. The maximum Gasteiger partial charge on any atom is 0.251 e. The predicted molar refractivity (Wildman–Crippen MR) is 156 cm³/mol. The number of nitrogens with zero attached hydrogens (tertiary/aromatic N) is 1. The van der Waals surface area contributed by atoms with Gasteiger partial charge in [0.15, 0.2) is 17.2 Å². The second-order valence-electron chi connectivity index (χ2n) is 10.5. The highest BCUT2D eigenvalue weighted by Crippen LogP contribution is 2.52. The topological polar surface area (TPSA) is 77.1 Å². The molecule has 41 heavy (non-hydrogen) atoms. The lowest BCUT2D eigenvalue weighted by Crippen LogP contribution is -2.60. The van der Waals surface area contributed by atoms with Crippen LogP contribution in [0.2, 0.25) is 0 Å². The van der Waals surface area contributed by atoms with Crippen LogP contribution in [0.3, 0.4) is 0 Å². The third kappa shape index (κ3) is 5.61. The fourth-order valence-electron chi connectivity index (χ4n) is 5.68. The molecular weight excluding hydrogens is 516 g/mol. The zero-order valence-electron chi connectivity index (χ0n) is 22.9. The van der Waals surface area contributed by atoms with Crippen LogP contribution in [0.15, 0.2) is 103 Å². The smallest absolute Gasteiger partial charge is 0.251 e. The maximum atomic E-state index is 13.5. The molecule has 7 heteroatoms. The monoisotopic (exact) mass is 548 g/mol. The Labute approximate surface area is 239 Å². The summed E-state index contributed by atoms with van der Waals surface area (Å²) in [5.41, 5.74) is 2.20. The van der Waals surface area contributed by atoms with Crippen molar-refractivity contribution in [3.63, 3.8) is 0 Å². The Balaban J connectivity index is 1.18. The molecule has 2 heterocycles. The van der Waals surface area contributed by atoms with E-state index in [4.69, 9.17) is 14.2 Å². The first-order valence-electron chi connectivity index (χ1n) is 13.9. The number of ether oxygens (including phenoxy) is 3. The van der Waals surface area contributed by atoms with Gasteiger partial charge in [0.05, 0.1) is 6.54 Å². The fraction of sp³-hybridized carbons (Fsp3) is 0.235. The Kier molecular flexibility index (Phi) is 7.33. The number of nitrogens with one attached hydrogen (secondary N) is 1. The zero-order valence-corrected chi connectivity index (χ0v) is 22.9. The number of anilines is 1. The number of carbonyl (C=O) groups is 2. The average Bonchev–Trinajstić information content (AvgIpc) is 2.99. The van der Waals surface area contributed by atoms with Crippen LogP contribution in [0.25, 0.3) is 0 Å². The number of hydrogen-bond donors (Lipinski definition) is 1. The number of rotatable bonds is 9. The molecule has 208 valence electrons. The summed E-state index contributed by atoms with van der Waals surface area (Å²) in [7, 11) is 0. The summed E-state index contributed by atoms with van der Waals surface area (Å²) in [5, 5.41) is 2.90. The molecule has 0 radical (unpaired) electrons. The molecule has 6 rings (SSSR count). The number of benzene rings is 4. The van der Waals surface area contributed by atoms with Crippen molar-refractivity contribution in [1.29, 1.82) is 0 Å². The van der Waals surface area contributed by atoms with Crippen LogP contribution in [0, 0.1) is 0 Å². The summed E-state index contributed by atoms with van der Waals surface area (Å²) in [5.74, 6) is 1.82. The largest absolute Gasteiger partial charge is 0.492 e. The molecule has 4 aromatic rings. The van der Waals surface area contributed by atoms with Gasteiger partial charge in [0.1, 0.15) is 19.0 Å².